The average molecular weight is 275 g/mol. The van der Waals surface area contributed by atoms with Crippen LogP contribution in [0.15, 0.2) is 0 Å². The topological polar surface area (TPSA) is 83.5 Å². The molecule has 0 radical (unpaired) electrons. The Balaban J connectivity index is 1.99. The third-order valence-electron chi connectivity index (χ3n) is 4.60. The Morgan fingerprint density at radius 2 is 1.94 bits per heavy atom. The zero-order chi connectivity index (χ0) is 13.5. The third-order valence-corrected chi connectivity index (χ3v) is 6.43. The minimum absolute atomic E-state index is 0.160. The minimum Gasteiger partial charge on any atom is -0.480 e. The molecule has 2 fully saturated rings. The number of hydrogen-bond acceptors (Lipinski definition) is 3. The molecule has 2 saturated carbocycles. The maximum atomic E-state index is 11.9. The standard InChI is InChI=1S/C12H21NO4S/c1-7(11-6-9-3-4-10(11)5-9)13-18(16,17)8(2)12(14)15/h7-11,13H,3-6H2,1-2H3,(H,14,15). The van der Waals surface area contributed by atoms with E-state index in [1.807, 2.05) is 6.92 Å². The molecule has 2 bridgehead atoms. The van der Waals surface area contributed by atoms with Gasteiger partial charge in [0, 0.05) is 6.04 Å². The molecule has 5 atom stereocenters. The lowest BCUT2D eigenvalue weighted by atomic mass is 9.84. The molecule has 2 N–H and O–H groups in total. The summed E-state index contributed by atoms with van der Waals surface area (Å²) in [5.41, 5.74) is 0. The summed E-state index contributed by atoms with van der Waals surface area (Å²) in [7, 11) is -3.76. The quantitative estimate of drug-likeness (QED) is 0.790. The molecule has 18 heavy (non-hydrogen) atoms. The van der Waals surface area contributed by atoms with Crippen LogP contribution in [0.5, 0.6) is 0 Å². The number of sulfonamides is 1. The molecule has 0 aromatic rings. The second-order valence-electron chi connectivity index (χ2n) is 5.77. The zero-order valence-corrected chi connectivity index (χ0v) is 11.6. The number of carboxylic acids is 1. The molecule has 0 aliphatic heterocycles. The van der Waals surface area contributed by atoms with E-state index in [1.54, 1.807) is 0 Å². The third kappa shape index (κ3) is 2.54. The number of rotatable bonds is 5. The fourth-order valence-electron chi connectivity index (χ4n) is 3.49. The maximum absolute atomic E-state index is 11.9. The molecule has 6 heteroatoms. The van der Waals surface area contributed by atoms with Crippen LogP contribution >= 0.6 is 0 Å². The van der Waals surface area contributed by atoms with Crippen LogP contribution in [0.1, 0.15) is 39.5 Å². The van der Waals surface area contributed by atoms with E-state index in [0.29, 0.717) is 11.8 Å². The highest BCUT2D eigenvalue weighted by Crippen LogP contribution is 2.49. The van der Waals surface area contributed by atoms with Crippen molar-refractivity contribution >= 4 is 16.0 Å². The smallest absolute Gasteiger partial charge is 0.323 e. The molecule has 104 valence electrons. The van der Waals surface area contributed by atoms with Gasteiger partial charge in [0.15, 0.2) is 5.25 Å². The van der Waals surface area contributed by atoms with Gasteiger partial charge in [0.05, 0.1) is 0 Å². The molecule has 0 amide bonds. The van der Waals surface area contributed by atoms with Crippen LogP contribution < -0.4 is 4.72 Å². The van der Waals surface area contributed by atoms with E-state index >= 15 is 0 Å². The first-order valence-electron chi connectivity index (χ1n) is 6.55. The molecule has 5 nitrogen and oxygen atoms in total. The van der Waals surface area contributed by atoms with E-state index in [2.05, 4.69) is 4.72 Å². The van der Waals surface area contributed by atoms with Crippen molar-refractivity contribution in [2.24, 2.45) is 17.8 Å². The molecule has 2 rings (SSSR count). The van der Waals surface area contributed by atoms with Crippen LogP contribution in [0.25, 0.3) is 0 Å². The average Bonchev–Trinajstić information content (AvgIpc) is 2.88. The maximum Gasteiger partial charge on any atom is 0.323 e. The zero-order valence-electron chi connectivity index (χ0n) is 10.8. The summed E-state index contributed by atoms with van der Waals surface area (Å²) in [4.78, 5) is 10.8. The predicted molar refractivity (Wildman–Crippen MR) is 67.6 cm³/mol. The lowest BCUT2D eigenvalue weighted by molar-refractivity contribution is -0.136. The van der Waals surface area contributed by atoms with Crippen molar-refractivity contribution in [2.75, 3.05) is 0 Å². The van der Waals surface area contributed by atoms with Crippen LogP contribution in [0.2, 0.25) is 0 Å². The van der Waals surface area contributed by atoms with Crippen molar-refractivity contribution in [3.05, 3.63) is 0 Å². The van der Waals surface area contributed by atoms with Crippen LogP contribution in [-0.4, -0.2) is 30.8 Å². The summed E-state index contributed by atoms with van der Waals surface area (Å²) in [5, 5.41) is 7.39. The van der Waals surface area contributed by atoms with Gasteiger partial charge < -0.3 is 5.11 Å². The van der Waals surface area contributed by atoms with Crippen molar-refractivity contribution in [1.29, 1.82) is 0 Å². The fraction of sp³-hybridized carbons (Fsp3) is 0.917. The van der Waals surface area contributed by atoms with Gasteiger partial charge in [0.2, 0.25) is 10.0 Å². The number of aliphatic carboxylic acids is 1. The van der Waals surface area contributed by atoms with Gasteiger partial charge in [-0.2, -0.15) is 0 Å². The summed E-state index contributed by atoms with van der Waals surface area (Å²) >= 11 is 0. The SMILES string of the molecule is CC(NS(=O)(=O)C(C)C(=O)O)C1CC2CCC1C2. The van der Waals surface area contributed by atoms with Crippen LogP contribution in [0, 0.1) is 17.8 Å². The largest absolute Gasteiger partial charge is 0.480 e. The van der Waals surface area contributed by atoms with Crippen molar-refractivity contribution in [3.63, 3.8) is 0 Å². The Bertz CT molecular complexity index is 433. The van der Waals surface area contributed by atoms with Gasteiger partial charge in [-0.05, 0) is 50.9 Å². The number of carboxylic acid groups (broad SMARTS) is 1. The first-order chi connectivity index (χ1) is 8.31. The highest BCUT2D eigenvalue weighted by Gasteiger charge is 2.43. The van der Waals surface area contributed by atoms with Gasteiger partial charge in [-0.3, -0.25) is 4.79 Å². The van der Waals surface area contributed by atoms with Crippen molar-refractivity contribution in [3.8, 4) is 0 Å². The van der Waals surface area contributed by atoms with Gasteiger partial charge >= 0.3 is 5.97 Å². The van der Waals surface area contributed by atoms with E-state index in [-0.39, 0.29) is 6.04 Å². The summed E-state index contributed by atoms with van der Waals surface area (Å²) in [5.74, 6) is 0.443. The molecular formula is C12H21NO4S. The second-order valence-corrected chi connectivity index (χ2v) is 7.80. The fourth-order valence-corrected chi connectivity index (χ4v) is 4.65. The summed E-state index contributed by atoms with van der Waals surface area (Å²) in [6.07, 6.45) is 4.75. The summed E-state index contributed by atoms with van der Waals surface area (Å²) in [6.45, 7) is 3.07. The van der Waals surface area contributed by atoms with Gasteiger partial charge in [0.1, 0.15) is 0 Å². The van der Waals surface area contributed by atoms with Gasteiger partial charge in [-0.25, -0.2) is 13.1 Å². The number of hydrogen-bond donors (Lipinski definition) is 2. The Hall–Kier alpha value is -0.620. The normalized spacial score (nSPS) is 34.4. The molecule has 5 unspecified atom stereocenters. The lowest BCUT2D eigenvalue weighted by Crippen LogP contribution is -2.45. The first-order valence-corrected chi connectivity index (χ1v) is 8.10. The Kier molecular flexibility index (Phi) is 3.69. The van der Waals surface area contributed by atoms with Crippen LogP contribution in [-0.2, 0) is 14.8 Å². The van der Waals surface area contributed by atoms with Gasteiger partial charge in [0.25, 0.3) is 0 Å². The first kappa shape index (κ1) is 13.8. The van der Waals surface area contributed by atoms with E-state index in [4.69, 9.17) is 5.11 Å². The van der Waals surface area contributed by atoms with Crippen molar-refractivity contribution in [2.45, 2.75) is 50.8 Å². The predicted octanol–water partition coefficient (Wildman–Crippen LogP) is 1.20. The minimum atomic E-state index is -3.76. The van der Waals surface area contributed by atoms with Crippen molar-refractivity contribution < 1.29 is 18.3 Å². The molecule has 2 aliphatic rings. The van der Waals surface area contributed by atoms with E-state index in [1.165, 1.54) is 26.2 Å². The molecule has 2 aliphatic carbocycles. The number of nitrogens with one attached hydrogen (secondary N) is 1. The highest BCUT2D eigenvalue weighted by atomic mass is 32.2. The second kappa shape index (κ2) is 4.81. The molecule has 0 heterocycles. The monoisotopic (exact) mass is 275 g/mol. The van der Waals surface area contributed by atoms with Crippen LogP contribution in [0.3, 0.4) is 0 Å². The molecule has 0 aromatic heterocycles. The lowest BCUT2D eigenvalue weighted by Gasteiger charge is -2.28. The summed E-state index contributed by atoms with van der Waals surface area (Å²) in [6, 6.07) is -0.160. The van der Waals surface area contributed by atoms with E-state index in [0.717, 1.165) is 12.3 Å². The Morgan fingerprint density at radius 1 is 1.28 bits per heavy atom. The van der Waals surface area contributed by atoms with Gasteiger partial charge in [-0.15, -0.1) is 0 Å². The molecular weight excluding hydrogens is 254 g/mol. The summed E-state index contributed by atoms with van der Waals surface area (Å²) < 4.78 is 26.3. The van der Waals surface area contributed by atoms with E-state index in [9.17, 15) is 13.2 Å². The number of carbonyl (C=O) groups is 1. The van der Waals surface area contributed by atoms with E-state index < -0.39 is 21.2 Å². The van der Waals surface area contributed by atoms with Crippen LogP contribution in [0.4, 0.5) is 0 Å². The molecule has 0 saturated heterocycles. The Morgan fingerprint density at radius 3 is 2.39 bits per heavy atom. The highest BCUT2D eigenvalue weighted by molar-refractivity contribution is 7.90. The molecule has 0 spiro atoms. The van der Waals surface area contributed by atoms with Crippen molar-refractivity contribution in [1.82, 2.24) is 4.72 Å². The van der Waals surface area contributed by atoms with Gasteiger partial charge in [-0.1, -0.05) is 6.42 Å². The Labute approximate surface area is 108 Å². The molecule has 0 aromatic carbocycles. The number of fused-ring (bicyclic) bond motifs is 2.